The first-order valence-electron chi connectivity index (χ1n) is 9.12. The summed E-state index contributed by atoms with van der Waals surface area (Å²) in [5.74, 6) is 0.999. The van der Waals surface area contributed by atoms with Crippen LogP contribution in [0, 0.1) is 0 Å². The normalized spacial score (nSPS) is 14.8. The highest BCUT2D eigenvalue weighted by Gasteiger charge is 2.40. The molecule has 3 aromatic rings. The minimum Gasteiger partial charge on any atom is -0.497 e. The van der Waals surface area contributed by atoms with Gasteiger partial charge < -0.3 is 15.8 Å². The summed E-state index contributed by atoms with van der Waals surface area (Å²) in [5, 5.41) is 12.1. The molecule has 3 N–H and O–H groups in total. The van der Waals surface area contributed by atoms with Crippen molar-refractivity contribution in [3.8, 4) is 17.0 Å². The third kappa shape index (κ3) is 3.38. The molecule has 7 heteroatoms. The molecule has 4 rings (SSSR count). The number of carbonyl (C=O) groups excluding carboxylic acids is 1. The van der Waals surface area contributed by atoms with E-state index in [1.807, 2.05) is 30.3 Å². The van der Waals surface area contributed by atoms with E-state index in [2.05, 4.69) is 20.5 Å². The summed E-state index contributed by atoms with van der Waals surface area (Å²) in [7, 11) is 1.65. The fraction of sp³-hybridized carbons (Fsp3) is 0.238. The third-order valence-corrected chi connectivity index (χ3v) is 5.14. The number of nitrogens with zero attached hydrogens (tertiary/aromatic N) is 3. The van der Waals surface area contributed by atoms with Gasteiger partial charge >= 0.3 is 0 Å². The van der Waals surface area contributed by atoms with E-state index in [9.17, 15) is 4.79 Å². The number of rotatable bonds is 6. The highest BCUT2D eigenvalue weighted by atomic mass is 16.5. The fourth-order valence-corrected chi connectivity index (χ4v) is 3.41. The Morgan fingerprint density at radius 3 is 2.64 bits per heavy atom. The summed E-state index contributed by atoms with van der Waals surface area (Å²) in [6.07, 6.45) is 4.82. The van der Waals surface area contributed by atoms with Gasteiger partial charge in [0.05, 0.1) is 24.0 Å². The summed E-state index contributed by atoms with van der Waals surface area (Å²) in [6.45, 7) is 0. The molecule has 1 aliphatic carbocycles. The molecule has 0 radical (unpaired) electrons. The van der Waals surface area contributed by atoms with Gasteiger partial charge in [-0.1, -0.05) is 12.1 Å². The van der Waals surface area contributed by atoms with Gasteiger partial charge in [-0.15, -0.1) is 10.2 Å². The maximum Gasteiger partial charge on any atom is 0.248 e. The van der Waals surface area contributed by atoms with Gasteiger partial charge in [0.25, 0.3) is 0 Å². The SMILES string of the molecule is COc1ccnc(C2(Nc3ccc(-c4cccc(C(N)=O)c4)nn3)CCC2)c1. The minimum atomic E-state index is -0.467. The zero-order chi connectivity index (χ0) is 19.6. The van der Waals surface area contributed by atoms with Crippen molar-refractivity contribution >= 4 is 11.7 Å². The number of anilines is 1. The van der Waals surface area contributed by atoms with Crippen LogP contribution in [-0.4, -0.2) is 28.2 Å². The zero-order valence-corrected chi connectivity index (χ0v) is 15.6. The van der Waals surface area contributed by atoms with Crippen molar-refractivity contribution in [2.24, 2.45) is 5.73 Å². The number of primary amides is 1. The van der Waals surface area contributed by atoms with Gasteiger partial charge in [0.1, 0.15) is 11.6 Å². The number of ether oxygens (including phenoxy) is 1. The first-order chi connectivity index (χ1) is 13.6. The second-order valence-corrected chi connectivity index (χ2v) is 6.89. The first-order valence-corrected chi connectivity index (χ1v) is 9.12. The van der Waals surface area contributed by atoms with Gasteiger partial charge in [-0.25, -0.2) is 0 Å². The van der Waals surface area contributed by atoms with E-state index in [1.165, 1.54) is 0 Å². The lowest BCUT2D eigenvalue weighted by atomic mass is 9.74. The molecule has 0 atom stereocenters. The number of carbonyl (C=O) groups is 1. The van der Waals surface area contributed by atoms with Crippen molar-refractivity contribution in [3.05, 3.63) is 66.0 Å². The van der Waals surface area contributed by atoms with E-state index in [4.69, 9.17) is 10.5 Å². The Hall–Kier alpha value is -3.48. The van der Waals surface area contributed by atoms with Crippen molar-refractivity contribution in [1.82, 2.24) is 15.2 Å². The van der Waals surface area contributed by atoms with Crippen molar-refractivity contribution in [3.63, 3.8) is 0 Å². The first kappa shape index (κ1) is 17.9. The zero-order valence-electron chi connectivity index (χ0n) is 15.6. The van der Waals surface area contributed by atoms with E-state index in [1.54, 1.807) is 31.5 Å². The quantitative estimate of drug-likeness (QED) is 0.686. The van der Waals surface area contributed by atoms with Crippen LogP contribution >= 0.6 is 0 Å². The van der Waals surface area contributed by atoms with Crippen LogP contribution in [0.25, 0.3) is 11.3 Å². The Bertz CT molecular complexity index is 1000. The van der Waals surface area contributed by atoms with Gasteiger partial charge in [-0.3, -0.25) is 9.78 Å². The summed E-state index contributed by atoms with van der Waals surface area (Å²) < 4.78 is 5.33. The second kappa shape index (κ2) is 7.26. The Kier molecular flexibility index (Phi) is 4.65. The lowest BCUT2D eigenvalue weighted by Crippen LogP contribution is -2.43. The molecular formula is C21H21N5O2. The number of hydrogen-bond donors (Lipinski definition) is 2. The van der Waals surface area contributed by atoms with Gasteiger partial charge in [0.15, 0.2) is 0 Å². The molecule has 2 heterocycles. The van der Waals surface area contributed by atoms with Crippen LogP contribution in [0.2, 0.25) is 0 Å². The molecule has 0 unspecified atom stereocenters. The van der Waals surface area contributed by atoms with Crippen LogP contribution in [0.1, 0.15) is 35.3 Å². The van der Waals surface area contributed by atoms with Crippen LogP contribution in [0.3, 0.4) is 0 Å². The lowest BCUT2D eigenvalue weighted by molar-refractivity contribution is 0.100. The molecule has 1 aliphatic rings. The van der Waals surface area contributed by atoms with Crippen LogP contribution in [0.15, 0.2) is 54.7 Å². The van der Waals surface area contributed by atoms with Gasteiger partial charge in [0.2, 0.25) is 5.91 Å². The van der Waals surface area contributed by atoms with E-state index in [0.29, 0.717) is 17.1 Å². The van der Waals surface area contributed by atoms with Gasteiger partial charge in [-0.2, -0.15) is 0 Å². The lowest BCUT2D eigenvalue weighted by Gasteiger charge is -2.42. The van der Waals surface area contributed by atoms with Crippen molar-refractivity contribution < 1.29 is 9.53 Å². The number of aromatic nitrogens is 3. The average Bonchev–Trinajstić information content (AvgIpc) is 2.71. The molecule has 142 valence electrons. The molecule has 0 bridgehead atoms. The molecule has 1 fully saturated rings. The number of methoxy groups -OCH3 is 1. The molecular weight excluding hydrogens is 354 g/mol. The summed E-state index contributed by atoms with van der Waals surface area (Å²) in [4.78, 5) is 15.9. The Labute approximate surface area is 163 Å². The summed E-state index contributed by atoms with van der Waals surface area (Å²) >= 11 is 0. The Morgan fingerprint density at radius 2 is 2.00 bits per heavy atom. The monoisotopic (exact) mass is 375 g/mol. The number of pyridine rings is 1. The Morgan fingerprint density at radius 1 is 1.14 bits per heavy atom. The highest BCUT2D eigenvalue weighted by molar-refractivity contribution is 5.93. The van der Waals surface area contributed by atoms with Crippen LogP contribution < -0.4 is 15.8 Å². The average molecular weight is 375 g/mol. The Balaban J connectivity index is 1.57. The highest BCUT2D eigenvalue weighted by Crippen LogP contribution is 2.43. The van der Waals surface area contributed by atoms with Crippen molar-refractivity contribution in [2.75, 3.05) is 12.4 Å². The smallest absolute Gasteiger partial charge is 0.248 e. The van der Waals surface area contributed by atoms with Crippen LogP contribution in [0.4, 0.5) is 5.82 Å². The predicted octanol–water partition coefficient (Wildman–Crippen LogP) is 3.14. The molecule has 0 aliphatic heterocycles. The molecule has 1 saturated carbocycles. The van der Waals surface area contributed by atoms with E-state index in [0.717, 1.165) is 36.3 Å². The second-order valence-electron chi connectivity index (χ2n) is 6.89. The topological polar surface area (TPSA) is 103 Å². The van der Waals surface area contributed by atoms with E-state index < -0.39 is 5.91 Å². The van der Waals surface area contributed by atoms with Crippen LogP contribution in [-0.2, 0) is 5.54 Å². The standard InChI is InChI=1S/C21H21N5O2/c1-28-16-8-11-23-18(13-16)21(9-3-10-21)24-19-7-6-17(25-26-19)14-4-2-5-15(12-14)20(22)27/h2,4-8,11-13H,3,9-10H2,1H3,(H2,22,27)(H,24,26). The number of benzene rings is 1. The predicted molar refractivity (Wildman–Crippen MR) is 106 cm³/mol. The van der Waals surface area contributed by atoms with Crippen LogP contribution in [0.5, 0.6) is 5.75 Å². The number of hydrogen-bond acceptors (Lipinski definition) is 6. The number of nitrogens with two attached hydrogens (primary N) is 1. The van der Waals surface area contributed by atoms with Crippen molar-refractivity contribution in [1.29, 1.82) is 0 Å². The van der Waals surface area contributed by atoms with Gasteiger partial charge in [0, 0.05) is 23.4 Å². The van der Waals surface area contributed by atoms with E-state index >= 15 is 0 Å². The molecule has 28 heavy (non-hydrogen) atoms. The molecule has 7 nitrogen and oxygen atoms in total. The maximum absolute atomic E-state index is 11.4. The molecule has 1 amide bonds. The largest absolute Gasteiger partial charge is 0.497 e. The third-order valence-electron chi connectivity index (χ3n) is 5.14. The van der Waals surface area contributed by atoms with E-state index in [-0.39, 0.29) is 5.54 Å². The van der Waals surface area contributed by atoms with Gasteiger partial charge in [-0.05, 0) is 49.6 Å². The maximum atomic E-state index is 11.4. The summed E-state index contributed by atoms with van der Waals surface area (Å²) in [6, 6.07) is 14.6. The molecule has 1 aromatic carbocycles. The summed E-state index contributed by atoms with van der Waals surface area (Å²) in [5.41, 5.74) is 7.96. The molecule has 2 aromatic heterocycles. The fourth-order valence-electron chi connectivity index (χ4n) is 3.41. The molecule has 0 spiro atoms. The number of nitrogens with one attached hydrogen (secondary N) is 1. The minimum absolute atomic E-state index is 0.253. The van der Waals surface area contributed by atoms with Crippen molar-refractivity contribution in [2.45, 2.75) is 24.8 Å². The number of amides is 1. The molecule has 0 saturated heterocycles.